The summed E-state index contributed by atoms with van der Waals surface area (Å²) in [6, 6.07) is 4.08. The molecular weight excluding hydrogens is 259 g/mol. The van der Waals surface area contributed by atoms with Crippen molar-refractivity contribution >= 4 is 6.29 Å². The Kier molecular flexibility index (Phi) is 3.74. The number of carbonyl (C=O) groups excluding carboxylic acids is 1. The Morgan fingerprint density at radius 1 is 1.35 bits per heavy atom. The third-order valence-corrected chi connectivity index (χ3v) is 4.35. The minimum Gasteiger partial charge on any atom is -0.489 e. The van der Waals surface area contributed by atoms with Gasteiger partial charge in [-0.1, -0.05) is 12.8 Å². The molecular formula is C16H19FO3. The van der Waals surface area contributed by atoms with Gasteiger partial charge in [0.15, 0.2) is 6.29 Å². The van der Waals surface area contributed by atoms with E-state index >= 15 is 0 Å². The molecule has 0 aromatic heterocycles. The highest BCUT2D eigenvalue weighted by molar-refractivity contribution is 5.79. The van der Waals surface area contributed by atoms with Crippen molar-refractivity contribution in [2.24, 2.45) is 0 Å². The first-order chi connectivity index (χ1) is 9.71. The molecule has 0 amide bonds. The molecule has 1 heterocycles. The van der Waals surface area contributed by atoms with Crippen molar-refractivity contribution in [1.82, 2.24) is 0 Å². The largest absolute Gasteiger partial charge is 0.489 e. The fourth-order valence-electron chi connectivity index (χ4n) is 3.35. The molecule has 1 saturated heterocycles. The Bertz CT molecular complexity index is 494. The topological polar surface area (TPSA) is 35.5 Å². The van der Waals surface area contributed by atoms with E-state index in [-0.39, 0.29) is 17.3 Å². The lowest BCUT2D eigenvalue weighted by atomic mass is 9.90. The lowest BCUT2D eigenvalue weighted by Gasteiger charge is -2.38. The molecule has 1 spiro atoms. The van der Waals surface area contributed by atoms with Crippen LogP contribution in [0.25, 0.3) is 0 Å². The summed E-state index contributed by atoms with van der Waals surface area (Å²) in [7, 11) is 0. The van der Waals surface area contributed by atoms with E-state index in [2.05, 4.69) is 0 Å². The third kappa shape index (κ3) is 2.70. The SMILES string of the molecule is O=Cc1cc(F)ccc1OC1CCOC2(CCCC2)C1. The summed E-state index contributed by atoms with van der Waals surface area (Å²) in [4.78, 5) is 11.0. The third-order valence-electron chi connectivity index (χ3n) is 4.35. The van der Waals surface area contributed by atoms with Crippen LogP contribution >= 0.6 is 0 Å². The van der Waals surface area contributed by atoms with Crippen LogP contribution in [0.15, 0.2) is 18.2 Å². The molecule has 3 nitrogen and oxygen atoms in total. The van der Waals surface area contributed by atoms with Gasteiger partial charge in [-0.25, -0.2) is 4.39 Å². The molecule has 4 heteroatoms. The van der Waals surface area contributed by atoms with Crippen molar-refractivity contribution in [3.05, 3.63) is 29.6 Å². The molecule has 1 aromatic carbocycles. The van der Waals surface area contributed by atoms with Gasteiger partial charge in [0.25, 0.3) is 0 Å². The second-order valence-electron chi connectivity index (χ2n) is 5.77. The van der Waals surface area contributed by atoms with Crippen LogP contribution in [-0.4, -0.2) is 24.6 Å². The summed E-state index contributed by atoms with van der Waals surface area (Å²) in [6.45, 7) is 0.697. The predicted molar refractivity (Wildman–Crippen MR) is 72.6 cm³/mol. The monoisotopic (exact) mass is 278 g/mol. The van der Waals surface area contributed by atoms with Gasteiger partial charge in [0.1, 0.15) is 17.7 Å². The molecule has 3 rings (SSSR count). The number of benzene rings is 1. The molecule has 0 radical (unpaired) electrons. The van der Waals surface area contributed by atoms with Crippen LogP contribution in [0.2, 0.25) is 0 Å². The number of carbonyl (C=O) groups is 1. The highest BCUT2D eigenvalue weighted by atomic mass is 19.1. The molecule has 1 aliphatic carbocycles. The number of ether oxygens (including phenoxy) is 2. The normalized spacial score (nSPS) is 24.8. The van der Waals surface area contributed by atoms with Crippen molar-refractivity contribution in [3.63, 3.8) is 0 Å². The highest BCUT2D eigenvalue weighted by Crippen LogP contribution is 2.41. The van der Waals surface area contributed by atoms with E-state index in [9.17, 15) is 9.18 Å². The van der Waals surface area contributed by atoms with Crippen molar-refractivity contribution in [2.75, 3.05) is 6.61 Å². The maximum Gasteiger partial charge on any atom is 0.153 e. The van der Waals surface area contributed by atoms with E-state index in [1.807, 2.05) is 0 Å². The van der Waals surface area contributed by atoms with Gasteiger partial charge in [0.2, 0.25) is 0 Å². The second kappa shape index (κ2) is 5.52. The number of hydrogen-bond donors (Lipinski definition) is 0. The quantitative estimate of drug-likeness (QED) is 0.794. The van der Waals surface area contributed by atoms with Crippen molar-refractivity contribution in [3.8, 4) is 5.75 Å². The predicted octanol–water partition coefficient (Wildman–Crippen LogP) is 3.51. The first kappa shape index (κ1) is 13.6. The molecule has 1 saturated carbocycles. The fourth-order valence-corrected chi connectivity index (χ4v) is 3.35. The number of rotatable bonds is 3. The standard InChI is InChI=1S/C16H19FO3/c17-13-3-4-15(12(9-13)11-18)20-14-5-8-19-16(10-14)6-1-2-7-16/h3-4,9,11,14H,1-2,5-8,10H2. The molecule has 1 atom stereocenters. The first-order valence-electron chi connectivity index (χ1n) is 7.26. The lowest BCUT2D eigenvalue weighted by molar-refractivity contribution is -0.108. The zero-order valence-corrected chi connectivity index (χ0v) is 11.4. The minimum atomic E-state index is -0.418. The Morgan fingerprint density at radius 2 is 2.15 bits per heavy atom. The van der Waals surface area contributed by atoms with Gasteiger partial charge < -0.3 is 9.47 Å². The van der Waals surface area contributed by atoms with Gasteiger partial charge in [-0.3, -0.25) is 4.79 Å². The summed E-state index contributed by atoms with van der Waals surface area (Å²) >= 11 is 0. The average Bonchev–Trinajstić information content (AvgIpc) is 2.89. The Balaban J connectivity index is 1.72. The van der Waals surface area contributed by atoms with Gasteiger partial charge in [0, 0.05) is 12.8 Å². The fraction of sp³-hybridized carbons (Fsp3) is 0.562. The number of halogens is 1. The van der Waals surface area contributed by atoms with Gasteiger partial charge in [0.05, 0.1) is 17.8 Å². The van der Waals surface area contributed by atoms with Crippen LogP contribution in [-0.2, 0) is 4.74 Å². The molecule has 0 bridgehead atoms. The summed E-state index contributed by atoms with van der Waals surface area (Å²) in [6.07, 6.45) is 6.98. The van der Waals surface area contributed by atoms with E-state index in [0.29, 0.717) is 18.6 Å². The Labute approximate surface area is 118 Å². The number of hydrogen-bond acceptors (Lipinski definition) is 3. The van der Waals surface area contributed by atoms with Crippen molar-refractivity contribution in [1.29, 1.82) is 0 Å². The summed E-state index contributed by atoms with van der Waals surface area (Å²) < 4.78 is 25.0. The first-order valence-corrected chi connectivity index (χ1v) is 7.26. The molecule has 1 aromatic rings. The lowest BCUT2D eigenvalue weighted by Crippen LogP contribution is -2.41. The zero-order chi connectivity index (χ0) is 14.0. The molecule has 1 unspecified atom stereocenters. The van der Waals surface area contributed by atoms with Gasteiger partial charge in [-0.15, -0.1) is 0 Å². The van der Waals surface area contributed by atoms with Crippen LogP contribution in [0.4, 0.5) is 4.39 Å². The second-order valence-corrected chi connectivity index (χ2v) is 5.77. The van der Waals surface area contributed by atoms with E-state index in [1.165, 1.54) is 31.0 Å². The van der Waals surface area contributed by atoms with Crippen LogP contribution in [0.1, 0.15) is 48.9 Å². The summed E-state index contributed by atoms with van der Waals surface area (Å²) in [5, 5.41) is 0. The van der Waals surface area contributed by atoms with E-state index in [1.54, 1.807) is 0 Å². The van der Waals surface area contributed by atoms with Gasteiger partial charge in [-0.2, -0.15) is 0 Å². The van der Waals surface area contributed by atoms with Crippen LogP contribution in [0.3, 0.4) is 0 Å². The van der Waals surface area contributed by atoms with Crippen LogP contribution < -0.4 is 4.74 Å². The average molecular weight is 278 g/mol. The zero-order valence-electron chi connectivity index (χ0n) is 11.4. The summed E-state index contributed by atoms with van der Waals surface area (Å²) in [5.74, 6) is 0.0557. The highest BCUT2D eigenvalue weighted by Gasteiger charge is 2.40. The van der Waals surface area contributed by atoms with Crippen molar-refractivity contribution < 1.29 is 18.7 Å². The maximum absolute atomic E-state index is 13.1. The minimum absolute atomic E-state index is 0.0235. The van der Waals surface area contributed by atoms with Crippen molar-refractivity contribution in [2.45, 2.75) is 50.2 Å². The van der Waals surface area contributed by atoms with Crippen LogP contribution in [0.5, 0.6) is 5.75 Å². The van der Waals surface area contributed by atoms with Crippen LogP contribution in [0, 0.1) is 5.82 Å². The maximum atomic E-state index is 13.1. The summed E-state index contributed by atoms with van der Waals surface area (Å²) in [5.41, 5.74) is 0.251. The molecule has 2 fully saturated rings. The Hall–Kier alpha value is -1.42. The molecule has 20 heavy (non-hydrogen) atoms. The molecule has 108 valence electrons. The molecule has 0 N–H and O–H groups in total. The van der Waals surface area contributed by atoms with Gasteiger partial charge in [-0.05, 0) is 31.0 Å². The van der Waals surface area contributed by atoms with E-state index in [4.69, 9.17) is 9.47 Å². The smallest absolute Gasteiger partial charge is 0.153 e. The van der Waals surface area contributed by atoms with Gasteiger partial charge >= 0.3 is 0 Å². The molecule has 1 aliphatic heterocycles. The number of aldehydes is 1. The van der Waals surface area contributed by atoms with E-state index < -0.39 is 5.82 Å². The van der Waals surface area contributed by atoms with E-state index in [0.717, 1.165) is 25.7 Å². The molecule has 2 aliphatic rings. The Morgan fingerprint density at radius 3 is 2.90 bits per heavy atom.